The minimum Gasteiger partial charge on any atom is -0.352 e. The van der Waals surface area contributed by atoms with Crippen molar-refractivity contribution in [3.05, 3.63) is 0 Å². The molecule has 2 aliphatic rings. The molecule has 0 radical (unpaired) electrons. The largest absolute Gasteiger partial charge is 0.352 e. The molecule has 0 unspecified atom stereocenters. The number of hydrogen-bond acceptors (Lipinski definition) is 4. The molecule has 2 fully saturated rings. The first-order chi connectivity index (χ1) is 10.6. The van der Waals surface area contributed by atoms with Crippen molar-refractivity contribution in [3.63, 3.8) is 0 Å². The van der Waals surface area contributed by atoms with Gasteiger partial charge >= 0.3 is 0 Å². The predicted octanol–water partition coefficient (Wildman–Crippen LogP) is 4.18. The van der Waals surface area contributed by atoms with Crippen LogP contribution in [0.25, 0.3) is 0 Å². The van der Waals surface area contributed by atoms with E-state index >= 15 is 0 Å². The van der Waals surface area contributed by atoms with Gasteiger partial charge in [-0.3, -0.25) is 0 Å². The Morgan fingerprint density at radius 1 is 0.652 bits per heavy atom. The van der Waals surface area contributed by atoms with Crippen molar-refractivity contribution in [2.75, 3.05) is 26.4 Å². The fourth-order valence-electron chi connectivity index (χ4n) is 2.86. The average molecular weight is 361 g/mol. The molecule has 0 N–H and O–H groups in total. The first-order valence-corrected chi connectivity index (χ1v) is 16.4. The highest BCUT2D eigenvalue weighted by molar-refractivity contribution is 6.76. The second-order valence-electron chi connectivity index (χ2n) is 9.80. The Morgan fingerprint density at radius 3 is 1.22 bits per heavy atom. The summed E-state index contributed by atoms with van der Waals surface area (Å²) in [5.41, 5.74) is -0.0919. The monoisotopic (exact) mass is 360 g/mol. The van der Waals surface area contributed by atoms with E-state index in [0.29, 0.717) is 26.4 Å². The van der Waals surface area contributed by atoms with Crippen LogP contribution in [0.2, 0.25) is 51.4 Å². The third kappa shape index (κ3) is 6.96. The van der Waals surface area contributed by atoms with E-state index in [1.54, 1.807) is 0 Å². The molecule has 6 heteroatoms. The molecular weight excluding hydrogens is 324 g/mol. The SMILES string of the molecule is C[Si](C)(C)CCC1OCC2(CO1)COC(CC[Si](C)(C)C)OC2. The van der Waals surface area contributed by atoms with Crippen molar-refractivity contribution < 1.29 is 18.9 Å². The molecule has 1 spiro atoms. The number of hydrogen-bond donors (Lipinski definition) is 0. The fraction of sp³-hybridized carbons (Fsp3) is 1.00. The fourth-order valence-corrected chi connectivity index (χ4v) is 5.06. The van der Waals surface area contributed by atoms with Crippen LogP contribution in [-0.2, 0) is 18.9 Å². The smallest absolute Gasteiger partial charge is 0.157 e. The Hall–Kier alpha value is 0.274. The van der Waals surface area contributed by atoms with Crippen molar-refractivity contribution in [2.24, 2.45) is 5.41 Å². The molecule has 0 aromatic heterocycles. The zero-order chi connectivity index (χ0) is 17.1. The van der Waals surface area contributed by atoms with Crippen molar-refractivity contribution in [1.82, 2.24) is 0 Å². The van der Waals surface area contributed by atoms with Gasteiger partial charge in [0.05, 0.1) is 31.8 Å². The van der Waals surface area contributed by atoms with E-state index in [0.717, 1.165) is 12.8 Å². The maximum Gasteiger partial charge on any atom is 0.157 e. The van der Waals surface area contributed by atoms with Crippen LogP contribution in [-0.4, -0.2) is 55.2 Å². The summed E-state index contributed by atoms with van der Waals surface area (Å²) >= 11 is 0. The molecule has 0 bridgehead atoms. The van der Waals surface area contributed by atoms with E-state index < -0.39 is 16.1 Å². The number of rotatable bonds is 6. The highest BCUT2D eigenvalue weighted by Gasteiger charge is 2.42. The molecule has 2 heterocycles. The van der Waals surface area contributed by atoms with Crippen LogP contribution in [0.4, 0.5) is 0 Å². The van der Waals surface area contributed by atoms with Gasteiger partial charge in [-0.15, -0.1) is 0 Å². The quantitative estimate of drug-likeness (QED) is 0.666. The third-order valence-electron chi connectivity index (χ3n) is 4.56. The van der Waals surface area contributed by atoms with Gasteiger partial charge in [-0.2, -0.15) is 0 Å². The second kappa shape index (κ2) is 7.66. The standard InChI is InChI=1S/C17H36O4Si2/c1-22(2,3)9-7-15-18-11-17(12-19-15)13-20-16(21-14-17)8-10-23(4,5)6/h15-16H,7-14H2,1-6H3. The molecule has 2 rings (SSSR count). The van der Waals surface area contributed by atoms with Crippen molar-refractivity contribution in [2.45, 2.75) is 76.8 Å². The minimum atomic E-state index is -1.03. The van der Waals surface area contributed by atoms with Gasteiger partial charge in [0, 0.05) is 16.1 Å². The summed E-state index contributed by atoms with van der Waals surface area (Å²) < 4.78 is 23.9. The van der Waals surface area contributed by atoms with E-state index in [1.807, 2.05) is 0 Å². The summed E-state index contributed by atoms with van der Waals surface area (Å²) in [4.78, 5) is 0. The Labute approximate surface area is 144 Å². The highest BCUT2D eigenvalue weighted by Crippen LogP contribution is 2.33. The Bertz CT molecular complexity index is 320. The molecule has 2 saturated heterocycles. The van der Waals surface area contributed by atoms with Crippen molar-refractivity contribution in [1.29, 1.82) is 0 Å². The molecular formula is C17H36O4Si2. The molecule has 0 saturated carbocycles. The lowest BCUT2D eigenvalue weighted by Crippen LogP contribution is -2.52. The van der Waals surface area contributed by atoms with E-state index in [9.17, 15) is 0 Å². The lowest BCUT2D eigenvalue weighted by atomic mass is 9.90. The summed E-state index contributed by atoms with van der Waals surface area (Å²) in [6, 6.07) is 2.49. The van der Waals surface area contributed by atoms with Gasteiger partial charge in [0.1, 0.15) is 0 Å². The molecule has 0 aromatic carbocycles. The first-order valence-electron chi connectivity index (χ1n) is 9.04. The van der Waals surface area contributed by atoms with Crippen LogP contribution in [0.15, 0.2) is 0 Å². The van der Waals surface area contributed by atoms with E-state index in [4.69, 9.17) is 18.9 Å². The van der Waals surface area contributed by atoms with Crippen LogP contribution >= 0.6 is 0 Å². The summed E-state index contributed by atoms with van der Waals surface area (Å²) in [6.45, 7) is 17.1. The van der Waals surface area contributed by atoms with Crippen molar-refractivity contribution in [3.8, 4) is 0 Å². The van der Waals surface area contributed by atoms with Crippen LogP contribution in [0, 0.1) is 5.41 Å². The number of ether oxygens (including phenoxy) is 4. The Balaban J connectivity index is 1.69. The van der Waals surface area contributed by atoms with E-state index in [-0.39, 0.29) is 18.0 Å². The summed E-state index contributed by atoms with van der Waals surface area (Å²) in [6.07, 6.45) is 1.98. The molecule has 0 atom stereocenters. The molecule has 0 aromatic rings. The first kappa shape index (κ1) is 19.6. The molecule has 0 amide bonds. The second-order valence-corrected chi connectivity index (χ2v) is 21.0. The maximum absolute atomic E-state index is 5.96. The van der Waals surface area contributed by atoms with Gasteiger partial charge in [-0.1, -0.05) is 51.4 Å². The average Bonchev–Trinajstić information content (AvgIpc) is 2.45. The van der Waals surface area contributed by atoms with Crippen LogP contribution in [0.1, 0.15) is 12.8 Å². The molecule has 4 nitrogen and oxygen atoms in total. The zero-order valence-electron chi connectivity index (χ0n) is 15.9. The normalized spacial score (nSPS) is 33.1. The van der Waals surface area contributed by atoms with Crippen LogP contribution in [0.3, 0.4) is 0 Å². The van der Waals surface area contributed by atoms with Gasteiger partial charge in [0.2, 0.25) is 0 Å². The van der Waals surface area contributed by atoms with Crippen LogP contribution in [0.5, 0.6) is 0 Å². The molecule has 136 valence electrons. The predicted molar refractivity (Wildman–Crippen MR) is 99.4 cm³/mol. The lowest BCUT2D eigenvalue weighted by molar-refractivity contribution is -0.302. The molecule has 2 aliphatic heterocycles. The molecule has 23 heavy (non-hydrogen) atoms. The minimum absolute atomic E-state index is 0.0306. The topological polar surface area (TPSA) is 36.9 Å². The third-order valence-corrected chi connectivity index (χ3v) is 8.14. The Kier molecular flexibility index (Phi) is 6.53. The maximum atomic E-state index is 5.96. The van der Waals surface area contributed by atoms with Crippen molar-refractivity contribution >= 4 is 16.1 Å². The summed E-state index contributed by atoms with van der Waals surface area (Å²) in [5.74, 6) is 0. The van der Waals surface area contributed by atoms with Gasteiger partial charge < -0.3 is 18.9 Å². The van der Waals surface area contributed by atoms with Gasteiger partial charge in [0.15, 0.2) is 12.6 Å². The van der Waals surface area contributed by atoms with Gasteiger partial charge in [-0.05, 0) is 12.8 Å². The molecule has 0 aliphatic carbocycles. The zero-order valence-corrected chi connectivity index (χ0v) is 17.9. The Morgan fingerprint density at radius 2 is 0.957 bits per heavy atom. The summed E-state index contributed by atoms with van der Waals surface area (Å²) in [7, 11) is -2.06. The van der Waals surface area contributed by atoms with Crippen LogP contribution < -0.4 is 0 Å². The van der Waals surface area contributed by atoms with E-state index in [2.05, 4.69) is 39.3 Å². The van der Waals surface area contributed by atoms with Gasteiger partial charge in [0.25, 0.3) is 0 Å². The van der Waals surface area contributed by atoms with Gasteiger partial charge in [-0.25, -0.2) is 0 Å². The lowest BCUT2D eigenvalue weighted by Gasteiger charge is -2.44. The van der Waals surface area contributed by atoms with E-state index in [1.165, 1.54) is 12.1 Å². The summed E-state index contributed by atoms with van der Waals surface area (Å²) in [5, 5.41) is 0. The highest BCUT2D eigenvalue weighted by atomic mass is 28.3.